The van der Waals surface area contributed by atoms with Crippen LogP contribution in [0, 0.1) is 13.8 Å². The molecule has 0 saturated carbocycles. The normalized spacial score (nSPS) is 10.5. The van der Waals surface area contributed by atoms with Crippen LogP contribution >= 0.6 is 22.9 Å². The van der Waals surface area contributed by atoms with Gasteiger partial charge in [0.2, 0.25) is 5.91 Å². The van der Waals surface area contributed by atoms with Gasteiger partial charge in [-0.05, 0) is 43.7 Å². The van der Waals surface area contributed by atoms with Gasteiger partial charge in [0.1, 0.15) is 0 Å². The molecule has 3 nitrogen and oxygen atoms in total. The number of amides is 1. The van der Waals surface area contributed by atoms with Gasteiger partial charge in [-0.3, -0.25) is 4.79 Å². The Morgan fingerprint density at radius 2 is 2.05 bits per heavy atom. The maximum Gasteiger partial charge on any atom is 0.224 e. The van der Waals surface area contributed by atoms with Crippen molar-refractivity contribution in [1.82, 2.24) is 0 Å². The van der Waals surface area contributed by atoms with E-state index in [4.69, 9.17) is 11.6 Å². The number of halogens is 1. The van der Waals surface area contributed by atoms with Gasteiger partial charge in [-0.15, -0.1) is 11.3 Å². The predicted octanol–water partition coefficient (Wildman–Crippen LogP) is 4.98. The summed E-state index contributed by atoms with van der Waals surface area (Å²) in [4.78, 5) is 14.1. The second-order valence-corrected chi connectivity index (χ2v) is 6.76. The van der Waals surface area contributed by atoms with Crippen molar-refractivity contribution in [2.75, 3.05) is 10.6 Å². The Balaban J connectivity index is 2.10. The smallest absolute Gasteiger partial charge is 0.224 e. The molecule has 1 aromatic carbocycles. The van der Waals surface area contributed by atoms with Gasteiger partial charge in [-0.1, -0.05) is 18.5 Å². The monoisotopic (exact) mass is 322 g/mol. The van der Waals surface area contributed by atoms with Crippen molar-refractivity contribution < 1.29 is 4.79 Å². The molecule has 2 rings (SSSR count). The summed E-state index contributed by atoms with van der Waals surface area (Å²) in [6, 6.07) is 7.65. The lowest BCUT2D eigenvalue weighted by molar-refractivity contribution is -0.115. The first-order chi connectivity index (χ1) is 9.99. The van der Waals surface area contributed by atoms with Gasteiger partial charge >= 0.3 is 0 Å². The fraction of sp³-hybridized carbons (Fsp3) is 0.312. The van der Waals surface area contributed by atoms with E-state index in [9.17, 15) is 4.79 Å². The molecule has 5 heteroatoms. The Labute approximate surface area is 134 Å². The van der Waals surface area contributed by atoms with Crippen molar-refractivity contribution in [3.63, 3.8) is 0 Å². The molecule has 21 heavy (non-hydrogen) atoms. The van der Waals surface area contributed by atoms with Crippen LogP contribution < -0.4 is 10.6 Å². The minimum atomic E-state index is -0.00687. The molecule has 0 aliphatic carbocycles. The van der Waals surface area contributed by atoms with Gasteiger partial charge in [0.25, 0.3) is 0 Å². The average Bonchev–Trinajstić information content (AvgIpc) is 2.77. The highest BCUT2D eigenvalue weighted by atomic mass is 35.5. The average molecular weight is 323 g/mol. The number of hydrogen-bond donors (Lipinski definition) is 2. The Bertz CT molecular complexity index is 652. The number of anilines is 2. The first-order valence-electron chi connectivity index (χ1n) is 6.88. The van der Waals surface area contributed by atoms with E-state index in [2.05, 4.69) is 30.5 Å². The molecule has 0 bridgehead atoms. The van der Waals surface area contributed by atoms with Crippen molar-refractivity contribution in [2.24, 2.45) is 0 Å². The van der Waals surface area contributed by atoms with E-state index in [-0.39, 0.29) is 5.91 Å². The fourth-order valence-electron chi connectivity index (χ4n) is 2.04. The third-order valence-corrected chi connectivity index (χ3v) is 4.52. The fourth-order valence-corrected chi connectivity index (χ4v) is 3.17. The van der Waals surface area contributed by atoms with Crippen molar-refractivity contribution in [1.29, 1.82) is 0 Å². The topological polar surface area (TPSA) is 41.1 Å². The zero-order valence-corrected chi connectivity index (χ0v) is 14.0. The Hall–Kier alpha value is -1.52. The number of aryl methyl sites for hydroxylation is 2. The van der Waals surface area contributed by atoms with Gasteiger partial charge < -0.3 is 10.6 Å². The standard InChI is InChI=1S/C16H19ClN2OS/c1-4-16(20)19-13-5-6-14(17)15(8-13)18-9-12-7-10(2)21-11(12)3/h5-8,18H,4,9H2,1-3H3,(H,19,20). The van der Waals surface area contributed by atoms with Crippen molar-refractivity contribution in [3.8, 4) is 0 Å². The van der Waals surface area contributed by atoms with Gasteiger partial charge in [0.05, 0.1) is 10.7 Å². The summed E-state index contributed by atoms with van der Waals surface area (Å²) in [6.07, 6.45) is 0.457. The molecule has 0 radical (unpaired) electrons. The van der Waals surface area contributed by atoms with Crippen LogP contribution in [-0.4, -0.2) is 5.91 Å². The van der Waals surface area contributed by atoms with Crippen LogP contribution in [0.5, 0.6) is 0 Å². The molecular formula is C16H19ClN2OS. The maximum atomic E-state index is 11.4. The van der Waals surface area contributed by atoms with Crippen molar-refractivity contribution >= 4 is 40.2 Å². The van der Waals surface area contributed by atoms with Crippen LogP contribution in [0.1, 0.15) is 28.7 Å². The van der Waals surface area contributed by atoms with Crippen LogP contribution in [0.25, 0.3) is 0 Å². The summed E-state index contributed by atoms with van der Waals surface area (Å²) < 4.78 is 0. The Morgan fingerprint density at radius 1 is 1.29 bits per heavy atom. The number of thiophene rings is 1. The molecule has 0 saturated heterocycles. The first-order valence-corrected chi connectivity index (χ1v) is 8.08. The molecule has 1 heterocycles. The van der Waals surface area contributed by atoms with Crippen molar-refractivity contribution in [3.05, 3.63) is 44.6 Å². The molecule has 0 spiro atoms. The maximum absolute atomic E-state index is 11.4. The number of rotatable bonds is 5. The third-order valence-electron chi connectivity index (χ3n) is 3.18. The quantitative estimate of drug-likeness (QED) is 0.815. The molecule has 2 aromatic rings. The van der Waals surface area contributed by atoms with Gasteiger partial charge in [-0.2, -0.15) is 0 Å². The third kappa shape index (κ3) is 4.22. The summed E-state index contributed by atoms with van der Waals surface area (Å²) in [5.74, 6) is -0.00687. The van der Waals surface area contributed by atoms with Crippen LogP contribution in [-0.2, 0) is 11.3 Å². The van der Waals surface area contributed by atoms with E-state index in [1.165, 1.54) is 15.3 Å². The summed E-state index contributed by atoms with van der Waals surface area (Å²) in [6.45, 7) is 6.77. The number of nitrogens with one attached hydrogen (secondary N) is 2. The molecule has 0 aliphatic heterocycles. The lowest BCUT2D eigenvalue weighted by Gasteiger charge is -2.11. The highest BCUT2D eigenvalue weighted by molar-refractivity contribution is 7.12. The number of carbonyl (C=O) groups excluding carboxylic acids is 1. The Morgan fingerprint density at radius 3 is 2.67 bits per heavy atom. The summed E-state index contributed by atoms with van der Waals surface area (Å²) in [7, 11) is 0. The summed E-state index contributed by atoms with van der Waals surface area (Å²) >= 11 is 8.00. The van der Waals surface area contributed by atoms with Gasteiger partial charge in [-0.25, -0.2) is 0 Å². The zero-order chi connectivity index (χ0) is 15.4. The van der Waals surface area contributed by atoms with Crippen LogP contribution in [0.3, 0.4) is 0 Å². The second kappa shape index (κ2) is 6.96. The van der Waals surface area contributed by atoms with Crippen LogP contribution in [0.4, 0.5) is 11.4 Å². The molecule has 1 aromatic heterocycles. The van der Waals surface area contributed by atoms with E-state index in [1.807, 2.05) is 13.0 Å². The van der Waals surface area contributed by atoms with E-state index < -0.39 is 0 Å². The highest BCUT2D eigenvalue weighted by Crippen LogP contribution is 2.27. The van der Waals surface area contributed by atoms with Gasteiger partial charge in [0, 0.05) is 28.4 Å². The molecule has 2 N–H and O–H groups in total. The van der Waals surface area contributed by atoms with Crippen LogP contribution in [0.15, 0.2) is 24.3 Å². The number of hydrogen-bond acceptors (Lipinski definition) is 3. The van der Waals surface area contributed by atoms with E-state index in [1.54, 1.807) is 23.5 Å². The molecule has 0 unspecified atom stereocenters. The van der Waals surface area contributed by atoms with E-state index in [0.29, 0.717) is 11.4 Å². The molecule has 0 fully saturated rings. The number of benzene rings is 1. The lowest BCUT2D eigenvalue weighted by Crippen LogP contribution is -2.09. The number of carbonyl (C=O) groups is 1. The molecule has 112 valence electrons. The highest BCUT2D eigenvalue weighted by Gasteiger charge is 2.07. The van der Waals surface area contributed by atoms with Gasteiger partial charge in [0.15, 0.2) is 0 Å². The lowest BCUT2D eigenvalue weighted by atomic mass is 10.2. The molecule has 0 aliphatic rings. The molecule has 1 amide bonds. The zero-order valence-electron chi connectivity index (χ0n) is 12.4. The summed E-state index contributed by atoms with van der Waals surface area (Å²) in [5, 5.41) is 6.82. The minimum absolute atomic E-state index is 0.00687. The Kier molecular flexibility index (Phi) is 5.26. The predicted molar refractivity (Wildman–Crippen MR) is 91.5 cm³/mol. The van der Waals surface area contributed by atoms with E-state index >= 15 is 0 Å². The van der Waals surface area contributed by atoms with E-state index in [0.717, 1.165) is 17.9 Å². The first kappa shape index (κ1) is 15.9. The van der Waals surface area contributed by atoms with Crippen molar-refractivity contribution in [2.45, 2.75) is 33.7 Å². The molecular weight excluding hydrogens is 304 g/mol. The van der Waals surface area contributed by atoms with Crippen LogP contribution in [0.2, 0.25) is 5.02 Å². The molecule has 0 atom stereocenters. The minimum Gasteiger partial charge on any atom is -0.380 e. The second-order valence-electron chi connectivity index (χ2n) is 4.89. The largest absolute Gasteiger partial charge is 0.380 e. The SMILES string of the molecule is CCC(=O)Nc1ccc(Cl)c(NCc2cc(C)sc2C)c1. The summed E-state index contributed by atoms with van der Waals surface area (Å²) in [5.41, 5.74) is 2.86.